The van der Waals surface area contributed by atoms with Crippen molar-refractivity contribution >= 4 is 11.6 Å². The van der Waals surface area contributed by atoms with Gasteiger partial charge < -0.3 is 14.2 Å². The molecular formula is C12H17ClO3. The predicted molar refractivity (Wildman–Crippen MR) is 64.5 cm³/mol. The van der Waals surface area contributed by atoms with Crippen molar-refractivity contribution in [1.82, 2.24) is 0 Å². The van der Waals surface area contributed by atoms with Gasteiger partial charge in [0.2, 0.25) is 0 Å². The fourth-order valence-corrected chi connectivity index (χ4v) is 1.55. The number of methoxy groups -OCH3 is 2. The number of rotatable bonds is 6. The van der Waals surface area contributed by atoms with Crippen molar-refractivity contribution in [1.29, 1.82) is 0 Å². The molecule has 1 aromatic carbocycles. The minimum atomic E-state index is -0.0236. The van der Waals surface area contributed by atoms with Crippen LogP contribution in [0, 0.1) is 0 Å². The standard InChI is InChI=1S/C12H17ClO3/c1-9(8-14-2)16-12-6-10(7-13)4-5-11(12)15-3/h4-6,9H,7-8H2,1-3H3. The summed E-state index contributed by atoms with van der Waals surface area (Å²) in [5, 5.41) is 0. The van der Waals surface area contributed by atoms with Gasteiger partial charge >= 0.3 is 0 Å². The largest absolute Gasteiger partial charge is 0.493 e. The summed E-state index contributed by atoms with van der Waals surface area (Å²) in [5.74, 6) is 1.86. The molecule has 0 radical (unpaired) electrons. The van der Waals surface area contributed by atoms with E-state index in [0.717, 1.165) is 5.56 Å². The number of hydrogen-bond acceptors (Lipinski definition) is 3. The molecule has 0 aliphatic carbocycles. The molecule has 1 rings (SSSR count). The predicted octanol–water partition coefficient (Wildman–Crippen LogP) is 2.85. The van der Waals surface area contributed by atoms with Crippen molar-refractivity contribution < 1.29 is 14.2 Å². The quantitative estimate of drug-likeness (QED) is 0.721. The van der Waals surface area contributed by atoms with Gasteiger partial charge in [0.05, 0.1) is 13.7 Å². The maximum absolute atomic E-state index is 5.77. The van der Waals surface area contributed by atoms with E-state index < -0.39 is 0 Å². The van der Waals surface area contributed by atoms with Gasteiger partial charge in [-0.05, 0) is 24.6 Å². The number of benzene rings is 1. The Morgan fingerprint density at radius 2 is 2.00 bits per heavy atom. The Kier molecular flexibility index (Phi) is 5.43. The Hall–Kier alpha value is -0.930. The molecule has 0 bridgehead atoms. The molecule has 0 aliphatic heterocycles. The summed E-state index contributed by atoms with van der Waals surface area (Å²) in [7, 11) is 3.26. The molecule has 16 heavy (non-hydrogen) atoms. The molecule has 0 heterocycles. The summed E-state index contributed by atoms with van der Waals surface area (Å²) in [6.45, 7) is 2.48. The van der Waals surface area contributed by atoms with Gasteiger partial charge in [0.1, 0.15) is 6.10 Å². The minimum absolute atomic E-state index is 0.0236. The number of ether oxygens (including phenoxy) is 3. The van der Waals surface area contributed by atoms with Gasteiger partial charge in [0.15, 0.2) is 11.5 Å². The van der Waals surface area contributed by atoms with E-state index in [4.69, 9.17) is 25.8 Å². The first-order valence-electron chi connectivity index (χ1n) is 5.09. The Bertz CT molecular complexity index is 328. The SMILES string of the molecule is COCC(C)Oc1cc(CCl)ccc1OC. The lowest BCUT2D eigenvalue weighted by Gasteiger charge is -2.16. The van der Waals surface area contributed by atoms with Crippen molar-refractivity contribution in [2.75, 3.05) is 20.8 Å². The normalized spacial score (nSPS) is 12.2. The lowest BCUT2D eigenvalue weighted by atomic mass is 10.2. The van der Waals surface area contributed by atoms with Gasteiger partial charge in [-0.3, -0.25) is 0 Å². The second kappa shape index (κ2) is 6.61. The average molecular weight is 245 g/mol. The van der Waals surface area contributed by atoms with E-state index in [0.29, 0.717) is 24.0 Å². The first-order chi connectivity index (χ1) is 7.71. The van der Waals surface area contributed by atoms with Crippen molar-refractivity contribution in [2.45, 2.75) is 18.9 Å². The van der Waals surface area contributed by atoms with Crippen LogP contribution >= 0.6 is 11.6 Å². The topological polar surface area (TPSA) is 27.7 Å². The zero-order chi connectivity index (χ0) is 12.0. The van der Waals surface area contributed by atoms with Crippen molar-refractivity contribution in [2.24, 2.45) is 0 Å². The zero-order valence-electron chi connectivity index (χ0n) is 9.83. The third kappa shape index (κ3) is 3.58. The van der Waals surface area contributed by atoms with E-state index in [1.54, 1.807) is 14.2 Å². The summed E-state index contributed by atoms with van der Waals surface area (Å²) < 4.78 is 15.9. The van der Waals surface area contributed by atoms with Crippen molar-refractivity contribution in [3.05, 3.63) is 23.8 Å². The third-order valence-electron chi connectivity index (χ3n) is 2.11. The van der Waals surface area contributed by atoms with Gasteiger partial charge in [-0.2, -0.15) is 0 Å². The Morgan fingerprint density at radius 1 is 1.25 bits per heavy atom. The average Bonchev–Trinajstić information content (AvgIpc) is 2.29. The molecule has 0 aliphatic rings. The monoisotopic (exact) mass is 244 g/mol. The van der Waals surface area contributed by atoms with Crippen LogP contribution in [0.25, 0.3) is 0 Å². The molecule has 4 heteroatoms. The third-order valence-corrected chi connectivity index (χ3v) is 2.42. The molecule has 0 spiro atoms. The van der Waals surface area contributed by atoms with Gasteiger partial charge in [-0.1, -0.05) is 6.07 Å². The summed E-state index contributed by atoms with van der Waals surface area (Å²) in [6, 6.07) is 5.66. The van der Waals surface area contributed by atoms with Crippen LogP contribution in [-0.4, -0.2) is 26.9 Å². The molecule has 0 saturated carbocycles. The van der Waals surface area contributed by atoms with Crippen molar-refractivity contribution in [3.63, 3.8) is 0 Å². The first-order valence-corrected chi connectivity index (χ1v) is 5.63. The van der Waals surface area contributed by atoms with Crippen molar-refractivity contribution in [3.8, 4) is 11.5 Å². The van der Waals surface area contributed by atoms with E-state index >= 15 is 0 Å². The molecule has 0 amide bonds. The van der Waals surface area contributed by atoms with Crippen LogP contribution < -0.4 is 9.47 Å². The molecule has 0 saturated heterocycles. The molecule has 0 fully saturated rings. The van der Waals surface area contributed by atoms with Crippen LogP contribution in [0.4, 0.5) is 0 Å². The first kappa shape index (κ1) is 13.1. The van der Waals surface area contributed by atoms with Crippen LogP contribution in [0.15, 0.2) is 18.2 Å². The fraction of sp³-hybridized carbons (Fsp3) is 0.500. The highest BCUT2D eigenvalue weighted by atomic mass is 35.5. The highest BCUT2D eigenvalue weighted by Gasteiger charge is 2.09. The lowest BCUT2D eigenvalue weighted by molar-refractivity contribution is 0.0899. The maximum atomic E-state index is 5.77. The van der Waals surface area contributed by atoms with Crippen LogP contribution in [0.3, 0.4) is 0 Å². The summed E-state index contributed by atoms with van der Waals surface area (Å²) >= 11 is 5.77. The second-order valence-electron chi connectivity index (χ2n) is 3.50. The zero-order valence-corrected chi connectivity index (χ0v) is 10.6. The van der Waals surface area contributed by atoms with Crippen LogP contribution in [0.2, 0.25) is 0 Å². The smallest absolute Gasteiger partial charge is 0.162 e. The molecule has 1 atom stereocenters. The van der Waals surface area contributed by atoms with Crippen LogP contribution in [-0.2, 0) is 10.6 Å². The van der Waals surface area contributed by atoms with Gasteiger partial charge in [-0.15, -0.1) is 11.6 Å². The van der Waals surface area contributed by atoms with E-state index in [1.807, 2.05) is 25.1 Å². The van der Waals surface area contributed by atoms with E-state index in [2.05, 4.69) is 0 Å². The highest BCUT2D eigenvalue weighted by molar-refractivity contribution is 6.17. The molecule has 0 aromatic heterocycles. The number of hydrogen-bond donors (Lipinski definition) is 0. The van der Waals surface area contributed by atoms with Gasteiger partial charge in [0, 0.05) is 13.0 Å². The minimum Gasteiger partial charge on any atom is -0.493 e. The van der Waals surface area contributed by atoms with E-state index in [-0.39, 0.29) is 6.10 Å². The molecule has 1 unspecified atom stereocenters. The van der Waals surface area contributed by atoms with Gasteiger partial charge in [-0.25, -0.2) is 0 Å². The Balaban J connectivity index is 2.82. The molecule has 0 N–H and O–H groups in total. The van der Waals surface area contributed by atoms with E-state index in [9.17, 15) is 0 Å². The molecule has 90 valence electrons. The van der Waals surface area contributed by atoms with Crippen LogP contribution in [0.5, 0.6) is 11.5 Å². The summed E-state index contributed by atoms with van der Waals surface area (Å²) in [4.78, 5) is 0. The molecule has 1 aromatic rings. The lowest BCUT2D eigenvalue weighted by Crippen LogP contribution is -2.18. The molecular weight excluding hydrogens is 228 g/mol. The summed E-state index contributed by atoms with van der Waals surface area (Å²) in [5.41, 5.74) is 1.00. The highest BCUT2D eigenvalue weighted by Crippen LogP contribution is 2.29. The number of halogens is 1. The van der Waals surface area contributed by atoms with Crippen LogP contribution in [0.1, 0.15) is 12.5 Å². The molecule has 3 nitrogen and oxygen atoms in total. The van der Waals surface area contributed by atoms with E-state index in [1.165, 1.54) is 0 Å². The Labute approximate surface area is 101 Å². The maximum Gasteiger partial charge on any atom is 0.162 e. The number of alkyl halides is 1. The van der Waals surface area contributed by atoms with Gasteiger partial charge in [0.25, 0.3) is 0 Å². The Morgan fingerprint density at radius 3 is 2.56 bits per heavy atom. The fourth-order valence-electron chi connectivity index (χ4n) is 1.38. The second-order valence-corrected chi connectivity index (χ2v) is 3.77. The summed E-state index contributed by atoms with van der Waals surface area (Å²) in [6.07, 6.45) is -0.0236.